The van der Waals surface area contributed by atoms with Crippen molar-refractivity contribution in [3.05, 3.63) is 59.4 Å². The third kappa shape index (κ3) is 6.27. The van der Waals surface area contributed by atoms with Crippen molar-refractivity contribution in [3.8, 4) is 0 Å². The lowest BCUT2D eigenvalue weighted by molar-refractivity contribution is -0.135. The van der Waals surface area contributed by atoms with Gasteiger partial charge in [0.2, 0.25) is 5.91 Å². The summed E-state index contributed by atoms with van der Waals surface area (Å²) in [6, 6.07) is 13.1. The Morgan fingerprint density at radius 2 is 1.89 bits per heavy atom. The number of hydrogen-bond donors (Lipinski definition) is 0. The molecule has 1 amide bonds. The molecule has 0 N–H and O–H groups in total. The smallest absolute Gasteiger partial charge is 0.223 e. The summed E-state index contributed by atoms with van der Waals surface area (Å²) >= 11 is 0. The van der Waals surface area contributed by atoms with Gasteiger partial charge in [-0.15, -0.1) is 0 Å². The van der Waals surface area contributed by atoms with Crippen LogP contribution >= 0.6 is 0 Å². The fourth-order valence-corrected chi connectivity index (χ4v) is 3.42. The largest absolute Gasteiger partial charge is 0.345 e. The molecule has 2 aromatic rings. The number of carbonyl (C=O) groups excluding carboxylic acids is 1. The normalized spacial score (nSPS) is 12.4. The molecule has 0 bridgehead atoms. The first kappa shape index (κ1) is 21.3. The molecular weight excluding hydrogens is 332 g/mol. The lowest BCUT2D eigenvalue weighted by Crippen LogP contribution is -2.41. The SMILES string of the molecule is CCCCCC(=O)N(Cc1cccn1Cc1cccc(C)c1)[C@H](C)C(C)C. The zero-order valence-corrected chi connectivity index (χ0v) is 17.7. The maximum atomic E-state index is 12.9. The summed E-state index contributed by atoms with van der Waals surface area (Å²) in [5.41, 5.74) is 3.78. The van der Waals surface area contributed by atoms with E-state index in [0.29, 0.717) is 18.9 Å². The third-order valence-corrected chi connectivity index (χ3v) is 5.46. The number of aromatic nitrogens is 1. The number of carbonyl (C=O) groups is 1. The van der Waals surface area contributed by atoms with Crippen LogP contribution in [0.15, 0.2) is 42.6 Å². The molecule has 0 fully saturated rings. The van der Waals surface area contributed by atoms with Gasteiger partial charge in [0.15, 0.2) is 0 Å². The monoisotopic (exact) mass is 368 g/mol. The van der Waals surface area contributed by atoms with Gasteiger partial charge in [0.05, 0.1) is 6.54 Å². The maximum Gasteiger partial charge on any atom is 0.223 e. The Hall–Kier alpha value is -2.03. The van der Waals surface area contributed by atoms with E-state index in [4.69, 9.17) is 0 Å². The third-order valence-electron chi connectivity index (χ3n) is 5.46. The Bertz CT molecular complexity index is 717. The molecule has 0 aliphatic rings. The summed E-state index contributed by atoms with van der Waals surface area (Å²) in [4.78, 5) is 15.0. The van der Waals surface area contributed by atoms with E-state index in [-0.39, 0.29) is 11.9 Å². The molecule has 0 unspecified atom stereocenters. The van der Waals surface area contributed by atoms with Crippen LogP contribution in [0.5, 0.6) is 0 Å². The zero-order chi connectivity index (χ0) is 19.8. The van der Waals surface area contributed by atoms with Crippen molar-refractivity contribution in [2.45, 2.75) is 79.4 Å². The van der Waals surface area contributed by atoms with Crippen molar-refractivity contribution in [2.75, 3.05) is 0 Å². The first-order chi connectivity index (χ1) is 12.9. The van der Waals surface area contributed by atoms with E-state index in [2.05, 4.69) is 86.7 Å². The van der Waals surface area contributed by atoms with Gasteiger partial charge >= 0.3 is 0 Å². The van der Waals surface area contributed by atoms with Gasteiger partial charge in [0.1, 0.15) is 0 Å². The van der Waals surface area contributed by atoms with Crippen LogP contribution in [-0.4, -0.2) is 21.4 Å². The van der Waals surface area contributed by atoms with Gasteiger partial charge in [-0.25, -0.2) is 0 Å². The standard InChI is InChI=1S/C24H36N2O/c1-6-7-8-14-24(27)26(21(5)19(2)3)18-23-13-10-15-25(23)17-22-12-9-11-20(4)16-22/h9-13,15-16,19,21H,6-8,14,17-18H2,1-5H3/t21-/m1/s1. The van der Waals surface area contributed by atoms with E-state index in [1.165, 1.54) is 16.8 Å². The number of nitrogens with zero attached hydrogens (tertiary/aromatic N) is 2. The minimum atomic E-state index is 0.237. The number of aryl methyl sites for hydroxylation is 1. The van der Waals surface area contributed by atoms with Crippen molar-refractivity contribution >= 4 is 5.91 Å². The fourth-order valence-electron chi connectivity index (χ4n) is 3.42. The van der Waals surface area contributed by atoms with Crippen LogP contribution < -0.4 is 0 Å². The van der Waals surface area contributed by atoms with Crippen LogP contribution in [0.1, 0.15) is 70.2 Å². The predicted molar refractivity (Wildman–Crippen MR) is 114 cm³/mol. The van der Waals surface area contributed by atoms with Gasteiger partial charge in [-0.1, -0.05) is 63.4 Å². The van der Waals surface area contributed by atoms with Gasteiger partial charge in [-0.3, -0.25) is 4.79 Å². The van der Waals surface area contributed by atoms with Crippen LogP contribution in [0, 0.1) is 12.8 Å². The van der Waals surface area contributed by atoms with Crippen molar-refractivity contribution < 1.29 is 4.79 Å². The summed E-state index contributed by atoms with van der Waals surface area (Å²) in [5, 5.41) is 0. The molecule has 3 heteroatoms. The molecule has 1 aromatic carbocycles. The first-order valence-corrected chi connectivity index (χ1v) is 10.4. The molecule has 3 nitrogen and oxygen atoms in total. The van der Waals surface area contributed by atoms with Crippen molar-refractivity contribution in [1.82, 2.24) is 9.47 Å². The summed E-state index contributed by atoms with van der Waals surface area (Å²) in [6.07, 6.45) is 6.04. The van der Waals surface area contributed by atoms with Crippen LogP contribution in [0.2, 0.25) is 0 Å². The molecule has 148 valence electrons. The zero-order valence-electron chi connectivity index (χ0n) is 17.7. The Labute approximate surface area is 165 Å². The summed E-state index contributed by atoms with van der Waals surface area (Å²) < 4.78 is 2.27. The van der Waals surface area contributed by atoms with Gasteiger partial charge in [-0.2, -0.15) is 0 Å². The Morgan fingerprint density at radius 1 is 1.11 bits per heavy atom. The Morgan fingerprint density at radius 3 is 2.56 bits per heavy atom. The molecule has 27 heavy (non-hydrogen) atoms. The Balaban J connectivity index is 2.15. The van der Waals surface area contributed by atoms with Crippen LogP contribution in [0.3, 0.4) is 0 Å². The number of rotatable bonds is 10. The van der Waals surface area contributed by atoms with Gasteiger partial charge in [0, 0.05) is 30.9 Å². The second-order valence-electron chi connectivity index (χ2n) is 8.08. The van der Waals surface area contributed by atoms with Crippen molar-refractivity contribution in [3.63, 3.8) is 0 Å². The first-order valence-electron chi connectivity index (χ1n) is 10.4. The highest BCUT2D eigenvalue weighted by molar-refractivity contribution is 5.76. The van der Waals surface area contributed by atoms with Crippen LogP contribution in [0.25, 0.3) is 0 Å². The minimum absolute atomic E-state index is 0.237. The lowest BCUT2D eigenvalue weighted by Gasteiger charge is -2.32. The second kappa shape index (κ2) is 10.3. The topological polar surface area (TPSA) is 25.2 Å². The fraction of sp³-hybridized carbons (Fsp3) is 0.542. The molecule has 0 spiro atoms. The van der Waals surface area contributed by atoms with E-state index in [0.717, 1.165) is 25.8 Å². The van der Waals surface area contributed by atoms with Gasteiger partial charge < -0.3 is 9.47 Å². The minimum Gasteiger partial charge on any atom is -0.345 e. The maximum absolute atomic E-state index is 12.9. The van der Waals surface area contributed by atoms with Crippen molar-refractivity contribution in [1.29, 1.82) is 0 Å². The summed E-state index contributed by atoms with van der Waals surface area (Å²) in [7, 11) is 0. The number of benzene rings is 1. The van der Waals surface area contributed by atoms with Crippen molar-refractivity contribution in [2.24, 2.45) is 5.92 Å². The van der Waals surface area contributed by atoms with E-state index in [1.54, 1.807) is 0 Å². The molecule has 0 saturated heterocycles. The van der Waals surface area contributed by atoms with E-state index >= 15 is 0 Å². The molecular formula is C24H36N2O. The number of amides is 1. The number of hydrogen-bond acceptors (Lipinski definition) is 1. The van der Waals surface area contributed by atoms with E-state index in [9.17, 15) is 4.79 Å². The molecule has 0 aliphatic carbocycles. The highest BCUT2D eigenvalue weighted by Gasteiger charge is 2.23. The average molecular weight is 369 g/mol. The summed E-state index contributed by atoms with van der Waals surface area (Å²) in [5.74, 6) is 0.730. The molecule has 1 heterocycles. The highest BCUT2D eigenvalue weighted by atomic mass is 16.2. The van der Waals surface area contributed by atoms with Gasteiger partial charge in [0.25, 0.3) is 0 Å². The molecule has 0 saturated carbocycles. The quantitative estimate of drug-likeness (QED) is 0.487. The molecule has 1 atom stereocenters. The second-order valence-corrected chi connectivity index (χ2v) is 8.08. The predicted octanol–water partition coefficient (Wildman–Crippen LogP) is 5.80. The average Bonchev–Trinajstić information content (AvgIpc) is 3.06. The molecule has 2 rings (SSSR count). The molecule has 0 aliphatic heterocycles. The van der Waals surface area contributed by atoms with E-state index < -0.39 is 0 Å². The lowest BCUT2D eigenvalue weighted by atomic mass is 10.0. The van der Waals surface area contributed by atoms with Gasteiger partial charge in [-0.05, 0) is 43.9 Å². The van der Waals surface area contributed by atoms with E-state index in [1.807, 2.05) is 0 Å². The van der Waals surface area contributed by atoms with Crippen LogP contribution in [0.4, 0.5) is 0 Å². The highest BCUT2D eigenvalue weighted by Crippen LogP contribution is 2.19. The number of unbranched alkanes of at least 4 members (excludes halogenated alkanes) is 2. The Kier molecular flexibility index (Phi) is 8.15. The molecule has 1 aromatic heterocycles. The summed E-state index contributed by atoms with van der Waals surface area (Å²) in [6.45, 7) is 12.4. The van der Waals surface area contributed by atoms with Crippen LogP contribution in [-0.2, 0) is 17.9 Å². The molecule has 0 radical (unpaired) electrons.